The molecular weight excluding hydrogens is 194 g/mol. The number of rotatable bonds is 4. The summed E-state index contributed by atoms with van der Waals surface area (Å²) in [4.78, 5) is 0. The zero-order valence-corrected chi connectivity index (χ0v) is 10.7. The first kappa shape index (κ1) is 11.7. The van der Waals surface area contributed by atoms with Crippen LogP contribution < -0.4 is 5.32 Å². The van der Waals surface area contributed by atoms with E-state index in [1.807, 2.05) is 0 Å². The predicted molar refractivity (Wildman–Crippen MR) is 69.8 cm³/mol. The van der Waals surface area contributed by atoms with Crippen LogP contribution in [-0.2, 0) is 6.42 Å². The number of fused-ring (bicyclic) bond motifs is 1. The van der Waals surface area contributed by atoms with E-state index in [4.69, 9.17) is 0 Å². The van der Waals surface area contributed by atoms with E-state index in [0.717, 1.165) is 11.8 Å². The van der Waals surface area contributed by atoms with Crippen LogP contribution in [0.5, 0.6) is 0 Å². The molecule has 2 unspecified atom stereocenters. The summed E-state index contributed by atoms with van der Waals surface area (Å²) in [7, 11) is 2.11. The van der Waals surface area contributed by atoms with Gasteiger partial charge in [0.1, 0.15) is 0 Å². The molecule has 0 fully saturated rings. The Bertz CT molecular complexity index is 343. The smallest absolute Gasteiger partial charge is 0.0135 e. The molecule has 0 saturated heterocycles. The van der Waals surface area contributed by atoms with Gasteiger partial charge in [0.05, 0.1) is 0 Å². The van der Waals surface area contributed by atoms with Crippen molar-refractivity contribution in [2.75, 3.05) is 7.05 Å². The van der Waals surface area contributed by atoms with Crippen molar-refractivity contribution in [3.8, 4) is 0 Å². The Morgan fingerprint density at radius 1 is 1.31 bits per heavy atom. The van der Waals surface area contributed by atoms with Crippen LogP contribution in [0.2, 0.25) is 0 Å². The second-order valence-electron chi connectivity index (χ2n) is 5.37. The van der Waals surface area contributed by atoms with Crippen molar-refractivity contribution in [3.63, 3.8) is 0 Å². The Kier molecular flexibility index (Phi) is 3.65. The first-order valence-corrected chi connectivity index (χ1v) is 6.47. The molecule has 1 aromatic carbocycles. The van der Waals surface area contributed by atoms with Gasteiger partial charge >= 0.3 is 0 Å². The Balaban J connectivity index is 2.16. The van der Waals surface area contributed by atoms with E-state index in [9.17, 15) is 0 Å². The van der Waals surface area contributed by atoms with Gasteiger partial charge < -0.3 is 5.32 Å². The van der Waals surface area contributed by atoms with Gasteiger partial charge in [0.15, 0.2) is 0 Å². The molecular formula is C15H23N. The standard InChI is InChI=1S/C15H23N/c1-11(2)10-15(16-3)14-9-8-12-6-4-5-7-13(12)14/h4-7,11,14-16H,8-10H2,1-3H3. The van der Waals surface area contributed by atoms with E-state index in [2.05, 4.69) is 50.5 Å². The molecule has 0 radical (unpaired) electrons. The van der Waals surface area contributed by atoms with Crippen molar-refractivity contribution in [2.45, 2.75) is 45.1 Å². The number of likely N-dealkylation sites (N-methyl/N-ethyl adjacent to an activating group) is 1. The lowest BCUT2D eigenvalue weighted by Gasteiger charge is -2.25. The molecule has 1 N–H and O–H groups in total. The van der Waals surface area contributed by atoms with Gasteiger partial charge in [0.25, 0.3) is 0 Å². The third-order valence-corrected chi connectivity index (χ3v) is 3.76. The van der Waals surface area contributed by atoms with Gasteiger partial charge in [0.2, 0.25) is 0 Å². The zero-order valence-electron chi connectivity index (χ0n) is 10.7. The van der Waals surface area contributed by atoms with Crippen LogP contribution in [0.25, 0.3) is 0 Å². The molecule has 0 bridgehead atoms. The van der Waals surface area contributed by atoms with E-state index < -0.39 is 0 Å². The molecule has 1 aromatic rings. The molecule has 0 aliphatic heterocycles. The lowest BCUT2D eigenvalue weighted by molar-refractivity contribution is 0.382. The van der Waals surface area contributed by atoms with Crippen LogP contribution in [0.1, 0.15) is 43.7 Å². The SMILES string of the molecule is CNC(CC(C)C)C1CCc2ccccc21. The van der Waals surface area contributed by atoms with E-state index in [1.54, 1.807) is 11.1 Å². The van der Waals surface area contributed by atoms with Crippen LogP contribution >= 0.6 is 0 Å². The Hall–Kier alpha value is -0.820. The monoisotopic (exact) mass is 217 g/mol. The van der Waals surface area contributed by atoms with Crippen LogP contribution in [0.4, 0.5) is 0 Å². The summed E-state index contributed by atoms with van der Waals surface area (Å²) in [6, 6.07) is 9.59. The van der Waals surface area contributed by atoms with Crippen molar-refractivity contribution in [3.05, 3.63) is 35.4 Å². The van der Waals surface area contributed by atoms with Gasteiger partial charge in [-0.15, -0.1) is 0 Å². The molecule has 0 aromatic heterocycles. The Morgan fingerprint density at radius 2 is 2.06 bits per heavy atom. The first-order valence-electron chi connectivity index (χ1n) is 6.47. The van der Waals surface area contributed by atoms with Crippen LogP contribution in [-0.4, -0.2) is 13.1 Å². The lowest BCUT2D eigenvalue weighted by Crippen LogP contribution is -2.32. The fourth-order valence-electron chi connectivity index (χ4n) is 3.00. The largest absolute Gasteiger partial charge is 0.316 e. The molecule has 1 nitrogen and oxygen atoms in total. The maximum Gasteiger partial charge on any atom is 0.0135 e. The molecule has 0 heterocycles. The molecule has 16 heavy (non-hydrogen) atoms. The number of nitrogens with one attached hydrogen (secondary N) is 1. The Morgan fingerprint density at radius 3 is 2.75 bits per heavy atom. The normalized spacial score (nSPS) is 21.1. The third-order valence-electron chi connectivity index (χ3n) is 3.76. The zero-order chi connectivity index (χ0) is 11.5. The second kappa shape index (κ2) is 5.01. The average Bonchev–Trinajstić information content (AvgIpc) is 2.69. The molecule has 1 heteroatoms. The third kappa shape index (κ3) is 2.30. The highest BCUT2D eigenvalue weighted by atomic mass is 14.9. The highest BCUT2D eigenvalue weighted by Crippen LogP contribution is 2.36. The lowest BCUT2D eigenvalue weighted by atomic mass is 9.88. The molecule has 2 rings (SSSR count). The molecule has 0 amide bonds. The highest BCUT2D eigenvalue weighted by Gasteiger charge is 2.28. The number of hydrogen-bond donors (Lipinski definition) is 1. The number of benzene rings is 1. The molecule has 1 aliphatic rings. The summed E-state index contributed by atoms with van der Waals surface area (Å²) in [6.45, 7) is 4.62. The van der Waals surface area contributed by atoms with E-state index in [0.29, 0.717) is 6.04 Å². The summed E-state index contributed by atoms with van der Waals surface area (Å²) in [5.41, 5.74) is 3.15. The molecule has 1 aliphatic carbocycles. The van der Waals surface area contributed by atoms with Crippen molar-refractivity contribution in [1.29, 1.82) is 0 Å². The Labute approximate surface area is 99.3 Å². The fourth-order valence-corrected chi connectivity index (χ4v) is 3.00. The summed E-state index contributed by atoms with van der Waals surface area (Å²) >= 11 is 0. The van der Waals surface area contributed by atoms with Gasteiger partial charge in [-0.2, -0.15) is 0 Å². The molecule has 2 atom stereocenters. The quantitative estimate of drug-likeness (QED) is 0.815. The maximum atomic E-state index is 3.52. The second-order valence-corrected chi connectivity index (χ2v) is 5.37. The van der Waals surface area contributed by atoms with Gasteiger partial charge in [-0.3, -0.25) is 0 Å². The summed E-state index contributed by atoms with van der Waals surface area (Å²) in [5.74, 6) is 1.49. The summed E-state index contributed by atoms with van der Waals surface area (Å²) in [6.07, 6.45) is 3.85. The maximum absolute atomic E-state index is 3.52. The first-order chi connectivity index (χ1) is 7.72. The van der Waals surface area contributed by atoms with Crippen LogP contribution in [0, 0.1) is 5.92 Å². The minimum absolute atomic E-state index is 0.642. The summed E-state index contributed by atoms with van der Waals surface area (Å²) < 4.78 is 0. The van der Waals surface area contributed by atoms with Crippen molar-refractivity contribution in [1.82, 2.24) is 5.32 Å². The number of hydrogen-bond acceptors (Lipinski definition) is 1. The topological polar surface area (TPSA) is 12.0 Å². The minimum Gasteiger partial charge on any atom is -0.316 e. The molecule has 88 valence electrons. The van der Waals surface area contributed by atoms with Gasteiger partial charge in [-0.1, -0.05) is 38.1 Å². The highest BCUT2D eigenvalue weighted by molar-refractivity contribution is 5.36. The van der Waals surface area contributed by atoms with Gasteiger partial charge in [-0.25, -0.2) is 0 Å². The van der Waals surface area contributed by atoms with Crippen molar-refractivity contribution in [2.24, 2.45) is 5.92 Å². The fraction of sp³-hybridized carbons (Fsp3) is 0.600. The van der Waals surface area contributed by atoms with E-state index in [-0.39, 0.29) is 0 Å². The average molecular weight is 217 g/mol. The van der Waals surface area contributed by atoms with E-state index in [1.165, 1.54) is 19.3 Å². The van der Waals surface area contributed by atoms with Crippen molar-refractivity contribution >= 4 is 0 Å². The minimum atomic E-state index is 0.642. The molecule has 0 spiro atoms. The molecule has 0 saturated carbocycles. The van der Waals surface area contributed by atoms with Crippen LogP contribution in [0.15, 0.2) is 24.3 Å². The number of aryl methyl sites for hydroxylation is 1. The van der Waals surface area contributed by atoms with E-state index >= 15 is 0 Å². The van der Waals surface area contributed by atoms with Crippen molar-refractivity contribution < 1.29 is 0 Å². The summed E-state index contributed by atoms with van der Waals surface area (Å²) in [5, 5.41) is 3.52. The van der Waals surface area contributed by atoms with Crippen LogP contribution in [0.3, 0.4) is 0 Å². The van der Waals surface area contributed by atoms with Gasteiger partial charge in [0, 0.05) is 6.04 Å². The van der Waals surface area contributed by atoms with Gasteiger partial charge in [-0.05, 0) is 49.3 Å². The predicted octanol–water partition coefficient (Wildman–Crippen LogP) is 3.35.